The number of nitrogens with one attached hydrogen (secondary N) is 1. The van der Waals surface area contributed by atoms with Crippen molar-refractivity contribution in [3.8, 4) is 11.5 Å². The lowest BCUT2D eigenvalue weighted by atomic mass is 10.0. The maximum absolute atomic E-state index is 13.8. The molecule has 1 unspecified atom stereocenters. The van der Waals surface area contributed by atoms with Crippen molar-refractivity contribution in [1.29, 1.82) is 0 Å². The molecule has 0 bridgehead atoms. The number of para-hydroxylation sites is 1. The van der Waals surface area contributed by atoms with Gasteiger partial charge in [-0.25, -0.2) is 0 Å². The average Bonchev–Trinajstić information content (AvgIpc) is 2.96. The lowest BCUT2D eigenvalue weighted by Gasteiger charge is -2.31. The van der Waals surface area contributed by atoms with Gasteiger partial charge in [0.25, 0.3) is 5.91 Å². The van der Waals surface area contributed by atoms with Crippen LogP contribution in [0.2, 0.25) is 15.1 Å². The zero-order valence-corrected chi connectivity index (χ0v) is 23.9. The van der Waals surface area contributed by atoms with Crippen molar-refractivity contribution in [2.75, 3.05) is 13.7 Å². The highest BCUT2D eigenvalue weighted by atomic mass is 35.5. The minimum Gasteiger partial charge on any atom is -0.497 e. The summed E-state index contributed by atoms with van der Waals surface area (Å²) in [5, 5.41) is 4.25. The molecule has 0 radical (unpaired) electrons. The van der Waals surface area contributed by atoms with Gasteiger partial charge in [-0.3, -0.25) is 9.59 Å². The standard InChI is InChI=1S/C31H27Cl3N2O4/c1-39-25-15-11-21(12-16-25)19-36(29(37)20-40-28-10-6-5-9-26(28)33)30(22-7-3-2-4-8-22)31(38)35-18-23-13-14-24(32)17-27(23)34/h2-17,30H,18-20H2,1H3,(H,35,38). The molecule has 0 aliphatic carbocycles. The van der Waals surface area contributed by atoms with Gasteiger partial charge in [0.2, 0.25) is 5.91 Å². The molecule has 0 saturated carbocycles. The second-order valence-electron chi connectivity index (χ2n) is 8.86. The van der Waals surface area contributed by atoms with Gasteiger partial charge in [-0.2, -0.15) is 0 Å². The van der Waals surface area contributed by atoms with Crippen LogP contribution in [0.5, 0.6) is 11.5 Å². The fourth-order valence-electron chi connectivity index (χ4n) is 4.09. The Balaban J connectivity index is 1.65. The summed E-state index contributed by atoms with van der Waals surface area (Å²) < 4.78 is 11.0. The van der Waals surface area contributed by atoms with E-state index in [2.05, 4.69) is 5.32 Å². The van der Waals surface area contributed by atoms with E-state index in [1.807, 2.05) is 42.5 Å². The third kappa shape index (κ3) is 7.69. The van der Waals surface area contributed by atoms with Crippen LogP contribution in [0.4, 0.5) is 0 Å². The smallest absolute Gasteiger partial charge is 0.261 e. The number of benzene rings is 4. The highest BCUT2D eigenvalue weighted by molar-refractivity contribution is 6.35. The van der Waals surface area contributed by atoms with Crippen LogP contribution in [-0.2, 0) is 22.7 Å². The zero-order valence-electron chi connectivity index (χ0n) is 21.7. The summed E-state index contributed by atoms with van der Waals surface area (Å²) in [5.74, 6) is 0.280. The number of carbonyl (C=O) groups is 2. The largest absolute Gasteiger partial charge is 0.497 e. The molecule has 0 aromatic heterocycles. The summed E-state index contributed by atoms with van der Waals surface area (Å²) in [6.45, 7) is -0.0260. The van der Waals surface area contributed by atoms with Crippen molar-refractivity contribution in [1.82, 2.24) is 10.2 Å². The fourth-order valence-corrected chi connectivity index (χ4v) is 4.75. The predicted octanol–water partition coefficient (Wildman–Crippen LogP) is 7.12. The van der Waals surface area contributed by atoms with E-state index in [0.29, 0.717) is 37.7 Å². The molecule has 4 rings (SSSR count). The molecule has 1 atom stereocenters. The van der Waals surface area contributed by atoms with Crippen LogP contribution in [-0.4, -0.2) is 30.4 Å². The first-order valence-electron chi connectivity index (χ1n) is 12.4. The molecule has 0 saturated heterocycles. The molecule has 1 N–H and O–H groups in total. The molecule has 0 aliphatic rings. The fraction of sp³-hybridized carbons (Fsp3) is 0.161. The number of carbonyl (C=O) groups excluding carboxylic acids is 2. The van der Waals surface area contributed by atoms with Crippen LogP contribution in [0.25, 0.3) is 0 Å². The van der Waals surface area contributed by atoms with E-state index in [0.717, 1.165) is 5.56 Å². The molecular weight excluding hydrogens is 571 g/mol. The summed E-state index contributed by atoms with van der Waals surface area (Å²) in [5.41, 5.74) is 2.14. The lowest BCUT2D eigenvalue weighted by Crippen LogP contribution is -2.45. The molecule has 206 valence electrons. The van der Waals surface area contributed by atoms with Crippen LogP contribution >= 0.6 is 34.8 Å². The van der Waals surface area contributed by atoms with E-state index in [4.69, 9.17) is 44.3 Å². The van der Waals surface area contributed by atoms with Gasteiger partial charge in [0, 0.05) is 23.1 Å². The molecule has 4 aromatic rings. The van der Waals surface area contributed by atoms with Gasteiger partial charge < -0.3 is 19.7 Å². The molecular formula is C31H27Cl3N2O4. The summed E-state index contributed by atoms with van der Waals surface area (Å²) in [6.07, 6.45) is 0. The molecule has 9 heteroatoms. The number of ether oxygens (including phenoxy) is 2. The molecule has 40 heavy (non-hydrogen) atoms. The summed E-state index contributed by atoms with van der Waals surface area (Å²) in [6, 6.07) is 27.4. The third-order valence-electron chi connectivity index (χ3n) is 6.16. The van der Waals surface area contributed by atoms with E-state index in [9.17, 15) is 9.59 Å². The van der Waals surface area contributed by atoms with Crippen molar-refractivity contribution in [2.24, 2.45) is 0 Å². The molecule has 0 heterocycles. The maximum Gasteiger partial charge on any atom is 0.261 e. The summed E-state index contributed by atoms with van der Waals surface area (Å²) >= 11 is 18.6. The van der Waals surface area contributed by atoms with Crippen molar-refractivity contribution in [2.45, 2.75) is 19.1 Å². The van der Waals surface area contributed by atoms with E-state index in [1.54, 1.807) is 61.7 Å². The Bertz CT molecular complexity index is 1450. The quantitative estimate of drug-likeness (QED) is 0.200. The van der Waals surface area contributed by atoms with Gasteiger partial charge in [-0.1, -0.05) is 95.5 Å². The van der Waals surface area contributed by atoms with Crippen molar-refractivity contribution >= 4 is 46.6 Å². The number of amides is 2. The lowest BCUT2D eigenvalue weighted by molar-refractivity contribution is -0.143. The van der Waals surface area contributed by atoms with Crippen LogP contribution in [0.3, 0.4) is 0 Å². The van der Waals surface area contributed by atoms with Crippen LogP contribution < -0.4 is 14.8 Å². The van der Waals surface area contributed by atoms with E-state index < -0.39 is 11.9 Å². The Morgan fingerprint density at radius 1 is 0.850 bits per heavy atom. The number of hydrogen-bond donors (Lipinski definition) is 1. The first kappa shape index (κ1) is 29.3. The first-order chi connectivity index (χ1) is 19.4. The molecule has 2 amide bonds. The third-order valence-corrected chi connectivity index (χ3v) is 7.06. The predicted molar refractivity (Wildman–Crippen MR) is 158 cm³/mol. The van der Waals surface area contributed by atoms with Crippen molar-refractivity contribution in [3.05, 3.63) is 129 Å². The maximum atomic E-state index is 13.8. The number of rotatable bonds is 11. The highest BCUT2D eigenvalue weighted by Crippen LogP contribution is 2.27. The first-order valence-corrected chi connectivity index (χ1v) is 13.6. The number of halogens is 3. The Labute approximate surface area is 248 Å². The van der Waals surface area contributed by atoms with Crippen molar-refractivity contribution in [3.63, 3.8) is 0 Å². The number of hydrogen-bond acceptors (Lipinski definition) is 4. The minimum atomic E-state index is -0.961. The topological polar surface area (TPSA) is 67.9 Å². The Kier molecular flexibility index (Phi) is 10.3. The molecule has 0 aliphatic heterocycles. The summed E-state index contributed by atoms with van der Waals surface area (Å²) in [4.78, 5) is 29.1. The minimum absolute atomic E-state index is 0.142. The normalized spacial score (nSPS) is 11.4. The van der Waals surface area contributed by atoms with Crippen LogP contribution in [0.1, 0.15) is 22.7 Å². The number of methoxy groups -OCH3 is 1. The summed E-state index contributed by atoms with van der Waals surface area (Å²) in [7, 11) is 1.58. The second kappa shape index (κ2) is 14.1. The van der Waals surface area contributed by atoms with Gasteiger partial charge in [0.15, 0.2) is 6.61 Å². The molecule has 6 nitrogen and oxygen atoms in total. The van der Waals surface area contributed by atoms with Crippen molar-refractivity contribution < 1.29 is 19.1 Å². The van der Waals surface area contributed by atoms with Gasteiger partial charge in [-0.05, 0) is 53.1 Å². The molecule has 4 aromatic carbocycles. The number of nitrogens with zero attached hydrogens (tertiary/aromatic N) is 1. The second-order valence-corrected chi connectivity index (χ2v) is 10.1. The highest BCUT2D eigenvalue weighted by Gasteiger charge is 2.32. The monoisotopic (exact) mass is 596 g/mol. The van der Waals surface area contributed by atoms with E-state index in [1.165, 1.54) is 4.90 Å². The van der Waals surface area contributed by atoms with Gasteiger partial charge in [0.05, 0.1) is 12.1 Å². The van der Waals surface area contributed by atoms with E-state index >= 15 is 0 Å². The van der Waals surface area contributed by atoms with Crippen LogP contribution in [0.15, 0.2) is 97.1 Å². The zero-order chi connectivity index (χ0) is 28.5. The van der Waals surface area contributed by atoms with Gasteiger partial charge in [0.1, 0.15) is 17.5 Å². The SMILES string of the molecule is COc1ccc(CN(C(=O)COc2ccccc2Cl)C(C(=O)NCc2ccc(Cl)cc2Cl)c2ccccc2)cc1. The Hall–Kier alpha value is -3.71. The molecule has 0 fully saturated rings. The average molecular weight is 598 g/mol. The van der Waals surface area contributed by atoms with E-state index in [-0.39, 0.29) is 25.6 Å². The van der Waals surface area contributed by atoms with Crippen LogP contribution in [0, 0.1) is 0 Å². The Morgan fingerprint density at radius 3 is 2.23 bits per heavy atom. The van der Waals surface area contributed by atoms with Gasteiger partial charge >= 0.3 is 0 Å². The Morgan fingerprint density at radius 2 is 1.55 bits per heavy atom. The van der Waals surface area contributed by atoms with Gasteiger partial charge in [-0.15, -0.1) is 0 Å². The molecule has 0 spiro atoms.